The Morgan fingerprint density at radius 2 is 1.78 bits per heavy atom. The third-order valence-corrected chi connectivity index (χ3v) is 7.54. The Kier molecular flexibility index (Phi) is 6.01. The Balaban J connectivity index is 1.27. The van der Waals surface area contributed by atoms with E-state index in [1.165, 1.54) is 5.56 Å². The molecule has 2 aromatic carbocycles. The second-order valence-corrected chi connectivity index (χ2v) is 9.56. The number of hydrogen-bond acceptors (Lipinski definition) is 3. The van der Waals surface area contributed by atoms with Gasteiger partial charge in [-0.1, -0.05) is 41.4 Å². The van der Waals surface area contributed by atoms with Crippen molar-refractivity contribution in [1.82, 2.24) is 15.1 Å². The van der Waals surface area contributed by atoms with Crippen LogP contribution in [0.1, 0.15) is 34.7 Å². The van der Waals surface area contributed by atoms with Crippen molar-refractivity contribution in [1.29, 1.82) is 0 Å². The average molecular weight is 473 g/mol. The van der Waals surface area contributed by atoms with Gasteiger partial charge in [-0.3, -0.25) is 14.6 Å². The summed E-state index contributed by atoms with van der Waals surface area (Å²) >= 11 is 12.7. The molecule has 0 saturated carbocycles. The van der Waals surface area contributed by atoms with E-state index in [2.05, 4.69) is 22.3 Å². The molecule has 1 N–H and O–H groups in total. The number of fused-ring (bicyclic) bond motifs is 1. The quantitative estimate of drug-likeness (QED) is 0.726. The number of amides is 3. The lowest BCUT2D eigenvalue weighted by Gasteiger charge is -2.46. The molecule has 32 heavy (non-hydrogen) atoms. The predicted octanol–water partition coefficient (Wildman–Crippen LogP) is 4.23. The number of halogens is 2. The Hall–Kier alpha value is -2.28. The highest BCUT2D eigenvalue weighted by atomic mass is 35.5. The summed E-state index contributed by atoms with van der Waals surface area (Å²) in [4.78, 5) is 31.4. The molecule has 168 valence electrons. The van der Waals surface area contributed by atoms with E-state index in [9.17, 15) is 9.59 Å². The van der Waals surface area contributed by atoms with Gasteiger partial charge in [0, 0.05) is 50.3 Å². The standard InChI is InChI=1S/C24H26Cl2N4O2/c25-18-7-4-16(5-8-18)17-6-9-19-15-29(13-12-28(19)14-17)23(31)20-2-1-3-21(22(20)26)30-11-10-27-24(30)32/h1-5,7-8,17,19H,6,9-15H2,(H,27,32)/t17-,19+/m0/s1. The Morgan fingerprint density at radius 3 is 2.53 bits per heavy atom. The molecule has 6 nitrogen and oxygen atoms in total. The first-order valence-electron chi connectivity index (χ1n) is 11.1. The van der Waals surface area contributed by atoms with Gasteiger partial charge >= 0.3 is 6.03 Å². The zero-order valence-electron chi connectivity index (χ0n) is 17.8. The number of piperazine rings is 1. The van der Waals surface area contributed by atoms with Crippen LogP contribution in [-0.4, -0.2) is 67.0 Å². The van der Waals surface area contributed by atoms with Crippen LogP contribution < -0.4 is 10.2 Å². The van der Waals surface area contributed by atoms with Crippen molar-refractivity contribution in [2.45, 2.75) is 24.8 Å². The fraction of sp³-hybridized carbons (Fsp3) is 0.417. The number of benzene rings is 2. The Labute approximate surface area is 198 Å². The summed E-state index contributed by atoms with van der Waals surface area (Å²) < 4.78 is 0. The van der Waals surface area contributed by atoms with Crippen LogP contribution >= 0.6 is 23.2 Å². The van der Waals surface area contributed by atoms with Crippen LogP contribution in [-0.2, 0) is 0 Å². The average Bonchev–Trinajstić information content (AvgIpc) is 3.24. The normalized spacial score (nSPS) is 23.8. The molecule has 0 radical (unpaired) electrons. The zero-order chi connectivity index (χ0) is 22.2. The van der Waals surface area contributed by atoms with Gasteiger partial charge in [0.25, 0.3) is 5.91 Å². The number of rotatable bonds is 3. The molecule has 5 rings (SSSR count). The number of nitrogens with one attached hydrogen (secondary N) is 1. The van der Waals surface area contributed by atoms with E-state index in [-0.39, 0.29) is 11.9 Å². The highest BCUT2D eigenvalue weighted by Gasteiger charge is 2.36. The molecule has 0 bridgehead atoms. The first kappa shape index (κ1) is 21.6. The van der Waals surface area contributed by atoms with Gasteiger partial charge in [0.15, 0.2) is 0 Å². The number of nitrogens with zero attached hydrogens (tertiary/aromatic N) is 3. The molecular formula is C24H26Cl2N4O2. The highest BCUT2D eigenvalue weighted by Crippen LogP contribution is 2.34. The number of carbonyl (C=O) groups is 2. The van der Waals surface area contributed by atoms with E-state index in [4.69, 9.17) is 23.2 Å². The maximum Gasteiger partial charge on any atom is 0.322 e. The second kappa shape index (κ2) is 8.93. The lowest BCUT2D eigenvalue weighted by atomic mass is 9.86. The van der Waals surface area contributed by atoms with Crippen molar-refractivity contribution >= 4 is 40.8 Å². The van der Waals surface area contributed by atoms with Crippen LogP contribution in [0.25, 0.3) is 0 Å². The minimum Gasteiger partial charge on any atom is -0.336 e. The molecule has 3 saturated heterocycles. The second-order valence-electron chi connectivity index (χ2n) is 8.75. The maximum absolute atomic E-state index is 13.4. The van der Waals surface area contributed by atoms with E-state index < -0.39 is 0 Å². The Bertz CT molecular complexity index is 1030. The van der Waals surface area contributed by atoms with E-state index in [0.29, 0.717) is 54.4 Å². The van der Waals surface area contributed by atoms with Crippen LogP contribution in [0, 0.1) is 0 Å². The van der Waals surface area contributed by atoms with Gasteiger partial charge in [-0.15, -0.1) is 0 Å². The maximum atomic E-state index is 13.4. The Morgan fingerprint density at radius 1 is 0.969 bits per heavy atom. The van der Waals surface area contributed by atoms with Gasteiger partial charge in [-0.2, -0.15) is 0 Å². The number of urea groups is 1. The number of anilines is 1. The van der Waals surface area contributed by atoms with Crippen molar-refractivity contribution in [3.05, 3.63) is 63.6 Å². The summed E-state index contributed by atoms with van der Waals surface area (Å²) in [5, 5.41) is 3.89. The van der Waals surface area contributed by atoms with E-state index in [1.807, 2.05) is 17.0 Å². The summed E-state index contributed by atoms with van der Waals surface area (Å²) in [6, 6.07) is 13.7. The summed E-state index contributed by atoms with van der Waals surface area (Å²) in [6.07, 6.45) is 2.16. The van der Waals surface area contributed by atoms with Gasteiger partial charge in [0.05, 0.1) is 16.3 Å². The fourth-order valence-electron chi connectivity index (χ4n) is 5.13. The molecule has 3 aliphatic heterocycles. The van der Waals surface area contributed by atoms with Crippen LogP contribution in [0.4, 0.5) is 10.5 Å². The molecule has 3 fully saturated rings. The van der Waals surface area contributed by atoms with Gasteiger partial charge in [0.1, 0.15) is 0 Å². The van der Waals surface area contributed by atoms with Crippen molar-refractivity contribution in [2.24, 2.45) is 0 Å². The van der Waals surface area contributed by atoms with E-state index >= 15 is 0 Å². The third-order valence-electron chi connectivity index (χ3n) is 6.89. The lowest BCUT2D eigenvalue weighted by molar-refractivity contribution is 0.0329. The fourth-order valence-corrected chi connectivity index (χ4v) is 5.57. The van der Waals surface area contributed by atoms with E-state index in [1.54, 1.807) is 23.1 Å². The SMILES string of the molecule is O=C(c1cccc(N2CCNC2=O)c1Cl)N1CCN2C[C@@H](c3ccc(Cl)cc3)CC[C@@H]2C1. The molecule has 3 amide bonds. The van der Waals surface area contributed by atoms with Gasteiger partial charge in [0.2, 0.25) is 0 Å². The van der Waals surface area contributed by atoms with Crippen molar-refractivity contribution in [2.75, 3.05) is 44.2 Å². The first-order chi connectivity index (χ1) is 15.5. The third kappa shape index (κ3) is 4.07. The summed E-state index contributed by atoms with van der Waals surface area (Å²) in [5.41, 5.74) is 2.39. The summed E-state index contributed by atoms with van der Waals surface area (Å²) in [5.74, 6) is 0.444. The van der Waals surface area contributed by atoms with Gasteiger partial charge in [-0.05, 0) is 48.6 Å². The lowest BCUT2D eigenvalue weighted by Crippen LogP contribution is -2.57. The van der Waals surface area contributed by atoms with Crippen LogP contribution in [0.3, 0.4) is 0 Å². The molecule has 0 spiro atoms. The van der Waals surface area contributed by atoms with E-state index in [0.717, 1.165) is 31.0 Å². The number of hydrogen-bond donors (Lipinski definition) is 1. The monoisotopic (exact) mass is 472 g/mol. The predicted molar refractivity (Wildman–Crippen MR) is 127 cm³/mol. The molecule has 8 heteroatoms. The van der Waals surface area contributed by atoms with Crippen LogP contribution in [0.5, 0.6) is 0 Å². The minimum absolute atomic E-state index is 0.0593. The number of carbonyl (C=O) groups excluding carboxylic acids is 2. The molecule has 0 unspecified atom stereocenters. The summed E-state index contributed by atoms with van der Waals surface area (Å²) in [7, 11) is 0. The molecule has 2 atom stereocenters. The minimum atomic E-state index is -0.178. The van der Waals surface area contributed by atoms with Crippen molar-refractivity contribution in [3.8, 4) is 0 Å². The highest BCUT2D eigenvalue weighted by molar-refractivity contribution is 6.37. The largest absolute Gasteiger partial charge is 0.336 e. The van der Waals surface area contributed by atoms with Crippen LogP contribution in [0.2, 0.25) is 10.0 Å². The van der Waals surface area contributed by atoms with Gasteiger partial charge in [-0.25, -0.2) is 4.79 Å². The van der Waals surface area contributed by atoms with Crippen molar-refractivity contribution in [3.63, 3.8) is 0 Å². The zero-order valence-corrected chi connectivity index (χ0v) is 19.3. The first-order valence-corrected chi connectivity index (χ1v) is 11.9. The molecular weight excluding hydrogens is 447 g/mol. The molecule has 3 aliphatic rings. The smallest absolute Gasteiger partial charge is 0.322 e. The topological polar surface area (TPSA) is 55.9 Å². The van der Waals surface area contributed by atoms with Crippen molar-refractivity contribution < 1.29 is 9.59 Å². The molecule has 0 aromatic heterocycles. The molecule has 0 aliphatic carbocycles. The van der Waals surface area contributed by atoms with Crippen LogP contribution in [0.15, 0.2) is 42.5 Å². The molecule has 2 aromatic rings. The van der Waals surface area contributed by atoms with Gasteiger partial charge < -0.3 is 10.2 Å². The summed E-state index contributed by atoms with van der Waals surface area (Å²) in [6.45, 7) is 4.37. The number of piperidine rings is 1. The molecule has 3 heterocycles.